The van der Waals surface area contributed by atoms with Gasteiger partial charge in [-0.15, -0.1) is 0 Å². The van der Waals surface area contributed by atoms with Crippen LogP contribution in [-0.2, 0) is 0 Å². The molecule has 0 amide bonds. The van der Waals surface area contributed by atoms with Crippen molar-refractivity contribution in [2.24, 2.45) is 11.8 Å². The van der Waals surface area contributed by atoms with E-state index in [4.69, 9.17) is 5.11 Å². The fourth-order valence-corrected chi connectivity index (χ4v) is 1.44. The molecule has 8 heavy (non-hydrogen) atoms. The quantitative estimate of drug-likeness (QED) is 0.460. The molecule has 1 N–H and O–H groups in total. The van der Waals surface area contributed by atoms with Gasteiger partial charge >= 0.3 is 0 Å². The molecular formula is C7H10O. The van der Waals surface area contributed by atoms with Crippen molar-refractivity contribution in [3.05, 3.63) is 12.2 Å². The highest BCUT2D eigenvalue weighted by molar-refractivity contribution is 5.10. The first-order chi connectivity index (χ1) is 3.86. The lowest BCUT2D eigenvalue weighted by Gasteiger charge is -2.07. The van der Waals surface area contributed by atoms with E-state index in [0.29, 0.717) is 0 Å². The summed E-state index contributed by atoms with van der Waals surface area (Å²) in [5.74, 6) is 1.69. The molecule has 0 spiro atoms. The van der Waals surface area contributed by atoms with Gasteiger partial charge in [0.05, 0.1) is 6.10 Å². The van der Waals surface area contributed by atoms with Gasteiger partial charge in [-0.05, 0) is 24.7 Å². The third-order valence-electron chi connectivity index (χ3n) is 2.10. The highest BCUT2D eigenvalue weighted by atomic mass is 16.3. The number of aliphatic hydroxyl groups excluding tert-OH is 1. The van der Waals surface area contributed by atoms with Crippen molar-refractivity contribution in [3.8, 4) is 0 Å². The van der Waals surface area contributed by atoms with E-state index in [2.05, 4.69) is 6.08 Å². The molecule has 0 radical (unpaired) electrons. The summed E-state index contributed by atoms with van der Waals surface area (Å²) in [6.45, 7) is 0. The molecule has 2 aliphatic rings. The molecule has 1 heteroatoms. The van der Waals surface area contributed by atoms with Crippen molar-refractivity contribution in [1.82, 2.24) is 0 Å². The lowest BCUT2D eigenvalue weighted by molar-refractivity contribution is 0.198. The van der Waals surface area contributed by atoms with E-state index >= 15 is 0 Å². The van der Waals surface area contributed by atoms with Crippen LogP contribution in [0.1, 0.15) is 12.8 Å². The van der Waals surface area contributed by atoms with Gasteiger partial charge in [-0.2, -0.15) is 0 Å². The predicted octanol–water partition coefficient (Wildman–Crippen LogP) is 0.943. The first-order valence-corrected chi connectivity index (χ1v) is 3.22. The molecule has 2 rings (SSSR count). The summed E-state index contributed by atoms with van der Waals surface area (Å²) < 4.78 is 0. The molecule has 0 unspecified atom stereocenters. The van der Waals surface area contributed by atoms with Gasteiger partial charge in [-0.25, -0.2) is 0 Å². The Labute approximate surface area is 49.0 Å². The maximum Gasteiger partial charge on any atom is 0.0723 e. The zero-order valence-electron chi connectivity index (χ0n) is 4.75. The Balaban J connectivity index is 2.11. The van der Waals surface area contributed by atoms with E-state index in [9.17, 15) is 0 Å². The van der Waals surface area contributed by atoms with Crippen LogP contribution in [0, 0.1) is 11.8 Å². The van der Waals surface area contributed by atoms with Crippen LogP contribution in [0.5, 0.6) is 0 Å². The van der Waals surface area contributed by atoms with Gasteiger partial charge < -0.3 is 5.11 Å². The van der Waals surface area contributed by atoms with Gasteiger partial charge in [-0.3, -0.25) is 0 Å². The van der Waals surface area contributed by atoms with E-state index < -0.39 is 0 Å². The summed E-state index contributed by atoms with van der Waals surface area (Å²) in [4.78, 5) is 0. The molecule has 0 saturated heterocycles. The second-order valence-electron chi connectivity index (χ2n) is 2.85. The molecule has 44 valence electrons. The lowest BCUT2D eigenvalue weighted by atomic mass is 10.1. The van der Waals surface area contributed by atoms with Crippen LogP contribution >= 0.6 is 0 Å². The number of allylic oxidation sites excluding steroid dienone is 1. The number of aliphatic hydroxyl groups is 1. The van der Waals surface area contributed by atoms with E-state index in [-0.39, 0.29) is 6.10 Å². The largest absolute Gasteiger partial charge is 0.389 e. The SMILES string of the molecule is O[C@@H]1C=C[C@H]2C[C@H]2C1. The van der Waals surface area contributed by atoms with Gasteiger partial charge in [0.1, 0.15) is 0 Å². The van der Waals surface area contributed by atoms with Crippen molar-refractivity contribution in [2.75, 3.05) is 0 Å². The molecule has 0 aromatic carbocycles. The van der Waals surface area contributed by atoms with Gasteiger partial charge in [-0.1, -0.05) is 12.2 Å². The van der Waals surface area contributed by atoms with Gasteiger partial charge in [0, 0.05) is 0 Å². The maximum absolute atomic E-state index is 9.02. The standard InChI is InChI=1S/C7H10O/c8-7-2-1-5-3-6(5)4-7/h1-2,5-8H,3-4H2/t5-,6-,7+/m0/s1. The summed E-state index contributed by atoms with van der Waals surface area (Å²) in [7, 11) is 0. The van der Waals surface area contributed by atoms with Crippen molar-refractivity contribution in [2.45, 2.75) is 18.9 Å². The topological polar surface area (TPSA) is 20.2 Å². The molecule has 0 heterocycles. The minimum absolute atomic E-state index is 0.126. The van der Waals surface area contributed by atoms with E-state index in [1.165, 1.54) is 6.42 Å². The lowest BCUT2D eigenvalue weighted by Crippen LogP contribution is -2.06. The van der Waals surface area contributed by atoms with E-state index in [1.54, 1.807) is 0 Å². The van der Waals surface area contributed by atoms with E-state index in [1.807, 2.05) is 6.08 Å². The highest BCUT2D eigenvalue weighted by Crippen LogP contribution is 2.45. The second-order valence-corrected chi connectivity index (χ2v) is 2.85. The Morgan fingerprint density at radius 1 is 1.25 bits per heavy atom. The molecule has 0 bridgehead atoms. The monoisotopic (exact) mass is 110 g/mol. The van der Waals surface area contributed by atoms with Crippen LogP contribution < -0.4 is 0 Å². The average molecular weight is 110 g/mol. The molecular weight excluding hydrogens is 100 g/mol. The molecule has 0 aromatic heterocycles. The Bertz CT molecular complexity index is 128. The molecule has 1 fully saturated rings. The fourth-order valence-electron chi connectivity index (χ4n) is 1.44. The molecule has 0 aromatic rings. The number of hydrogen-bond donors (Lipinski definition) is 1. The van der Waals surface area contributed by atoms with Crippen LogP contribution in [0.15, 0.2) is 12.2 Å². The summed E-state index contributed by atoms with van der Waals surface area (Å²) in [6, 6.07) is 0. The minimum Gasteiger partial charge on any atom is -0.389 e. The Kier molecular flexibility index (Phi) is 0.770. The zero-order chi connectivity index (χ0) is 5.56. The molecule has 1 saturated carbocycles. The van der Waals surface area contributed by atoms with Gasteiger partial charge in [0.25, 0.3) is 0 Å². The van der Waals surface area contributed by atoms with Crippen LogP contribution in [0.4, 0.5) is 0 Å². The van der Waals surface area contributed by atoms with Gasteiger partial charge in [0.15, 0.2) is 0 Å². The van der Waals surface area contributed by atoms with Crippen LogP contribution in [0.2, 0.25) is 0 Å². The predicted molar refractivity (Wildman–Crippen MR) is 31.4 cm³/mol. The zero-order valence-corrected chi connectivity index (χ0v) is 4.75. The molecule has 3 atom stereocenters. The van der Waals surface area contributed by atoms with Crippen molar-refractivity contribution >= 4 is 0 Å². The number of rotatable bonds is 0. The minimum atomic E-state index is -0.126. The highest BCUT2D eigenvalue weighted by Gasteiger charge is 2.38. The Morgan fingerprint density at radius 3 is 2.75 bits per heavy atom. The third-order valence-corrected chi connectivity index (χ3v) is 2.10. The average Bonchev–Trinajstić information content (AvgIpc) is 2.43. The first kappa shape index (κ1) is 4.57. The van der Waals surface area contributed by atoms with Crippen molar-refractivity contribution < 1.29 is 5.11 Å². The van der Waals surface area contributed by atoms with Crippen LogP contribution in [0.3, 0.4) is 0 Å². The van der Waals surface area contributed by atoms with Gasteiger partial charge in [0.2, 0.25) is 0 Å². The van der Waals surface area contributed by atoms with Crippen LogP contribution in [-0.4, -0.2) is 11.2 Å². The number of fused-ring (bicyclic) bond motifs is 1. The maximum atomic E-state index is 9.02. The first-order valence-electron chi connectivity index (χ1n) is 3.22. The molecule has 0 aliphatic heterocycles. The van der Waals surface area contributed by atoms with Crippen molar-refractivity contribution in [3.63, 3.8) is 0 Å². The van der Waals surface area contributed by atoms with Crippen LogP contribution in [0.25, 0.3) is 0 Å². The summed E-state index contributed by atoms with van der Waals surface area (Å²) in [5, 5.41) is 9.02. The molecule has 2 aliphatic carbocycles. The fraction of sp³-hybridized carbons (Fsp3) is 0.714. The van der Waals surface area contributed by atoms with Crippen molar-refractivity contribution in [1.29, 1.82) is 0 Å². The smallest absolute Gasteiger partial charge is 0.0723 e. The Morgan fingerprint density at radius 2 is 2.12 bits per heavy atom. The van der Waals surface area contributed by atoms with E-state index in [0.717, 1.165) is 18.3 Å². The Hall–Kier alpha value is -0.300. The summed E-state index contributed by atoms with van der Waals surface area (Å²) in [5.41, 5.74) is 0. The second kappa shape index (κ2) is 1.35. The summed E-state index contributed by atoms with van der Waals surface area (Å²) >= 11 is 0. The molecule has 1 nitrogen and oxygen atoms in total. The number of hydrogen-bond acceptors (Lipinski definition) is 1. The summed E-state index contributed by atoms with van der Waals surface area (Å²) in [6.07, 6.45) is 6.29. The normalized spacial score (nSPS) is 50.9. The third kappa shape index (κ3) is 0.583.